The zero-order valence-corrected chi connectivity index (χ0v) is 22.8. The van der Waals surface area contributed by atoms with Crippen molar-refractivity contribution in [2.45, 2.75) is 37.6 Å². The first-order chi connectivity index (χ1) is 17.9. The number of benzene rings is 3. The van der Waals surface area contributed by atoms with Gasteiger partial charge in [-0.05, 0) is 42.0 Å². The molecular weight excluding hydrogens is 527 g/mol. The third-order valence-electron chi connectivity index (χ3n) is 5.80. The lowest BCUT2D eigenvalue weighted by Gasteiger charge is -2.22. The second-order valence-corrected chi connectivity index (χ2v) is 12.1. The third-order valence-corrected chi connectivity index (χ3v) is 7.92. The Balaban J connectivity index is 1.67. The first-order valence-electron chi connectivity index (χ1n) is 11.9. The van der Waals surface area contributed by atoms with E-state index in [1.807, 2.05) is 32.9 Å². The van der Waals surface area contributed by atoms with Gasteiger partial charge in [-0.25, -0.2) is 17.5 Å². The molecule has 0 spiro atoms. The summed E-state index contributed by atoms with van der Waals surface area (Å²) in [7, 11) is -4.13. The van der Waals surface area contributed by atoms with Crippen molar-refractivity contribution in [2.75, 3.05) is 11.9 Å². The predicted molar refractivity (Wildman–Crippen MR) is 146 cm³/mol. The predicted octanol–water partition coefficient (Wildman–Crippen LogP) is 5.79. The Hall–Kier alpha value is -3.53. The highest BCUT2D eigenvalue weighted by molar-refractivity contribution is 7.89. The topological polar surface area (TPSA) is 84.3 Å². The number of aromatic nitrogens is 2. The van der Waals surface area contributed by atoms with Gasteiger partial charge in [0.05, 0.1) is 27.8 Å². The molecule has 1 heterocycles. The number of halogens is 2. The van der Waals surface area contributed by atoms with E-state index in [4.69, 9.17) is 11.6 Å². The van der Waals surface area contributed by atoms with Crippen molar-refractivity contribution >= 4 is 33.3 Å². The van der Waals surface area contributed by atoms with Crippen LogP contribution in [0.25, 0.3) is 5.69 Å². The number of nitrogens with one attached hydrogen (secondary N) is 1. The van der Waals surface area contributed by atoms with Crippen molar-refractivity contribution in [1.82, 2.24) is 14.1 Å². The standard InChI is InChI=1S/C28H28ClFN4O3S/c1-28(2,3)25-17-26(34(32-25)24-12-8-7-11-23(24)29)31-27(35)19-33(18-20-9-5-4-6-10-20)38(36,37)22-15-13-21(30)14-16-22/h4-17H,18-19H2,1-3H3,(H,31,35). The zero-order valence-electron chi connectivity index (χ0n) is 21.2. The molecule has 0 atom stereocenters. The number of nitrogens with zero attached hydrogens (tertiary/aromatic N) is 3. The smallest absolute Gasteiger partial charge is 0.243 e. The normalized spacial score (nSPS) is 12.1. The van der Waals surface area contributed by atoms with E-state index in [0.717, 1.165) is 16.4 Å². The Morgan fingerprint density at radius 3 is 2.26 bits per heavy atom. The number of carbonyl (C=O) groups excluding carboxylic acids is 1. The molecule has 0 radical (unpaired) electrons. The Morgan fingerprint density at radius 1 is 1.00 bits per heavy atom. The van der Waals surface area contributed by atoms with Crippen LogP contribution in [0.4, 0.5) is 10.2 Å². The van der Waals surface area contributed by atoms with Crippen LogP contribution in [0, 0.1) is 5.82 Å². The van der Waals surface area contributed by atoms with E-state index in [1.165, 1.54) is 16.8 Å². The van der Waals surface area contributed by atoms with Gasteiger partial charge in [-0.2, -0.15) is 9.40 Å². The first-order valence-corrected chi connectivity index (χ1v) is 13.7. The fourth-order valence-electron chi connectivity index (χ4n) is 3.75. The molecule has 0 aliphatic rings. The van der Waals surface area contributed by atoms with E-state index in [9.17, 15) is 17.6 Å². The number of hydrogen-bond acceptors (Lipinski definition) is 4. The highest BCUT2D eigenvalue weighted by Crippen LogP contribution is 2.29. The molecule has 198 valence electrons. The zero-order chi connectivity index (χ0) is 27.5. The number of para-hydroxylation sites is 1. The molecule has 7 nitrogen and oxygen atoms in total. The van der Waals surface area contributed by atoms with Gasteiger partial charge in [0.2, 0.25) is 15.9 Å². The lowest BCUT2D eigenvalue weighted by Crippen LogP contribution is -2.37. The van der Waals surface area contributed by atoms with Crippen LogP contribution < -0.4 is 5.32 Å². The van der Waals surface area contributed by atoms with E-state index in [0.29, 0.717) is 27.8 Å². The molecule has 38 heavy (non-hydrogen) atoms. The molecule has 4 rings (SSSR count). The third kappa shape index (κ3) is 6.30. The summed E-state index contributed by atoms with van der Waals surface area (Å²) in [5.41, 5.74) is 1.66. The molecule has 0 fully saturated rings. The molecule has 4 aromatic rings. The molecule has 0 aliphatic carbocycles. The molecule has 1 amide bonds. The van der Waals surface area contributed by atoms with Gasteiger partial charge in [0.15, 0.2) is 0 Å². The first kappa shape index (κ1) is 27.5. The number of hydrogen-bond donors (Lipinski definition) is 1. The molecule has 0 unspecified atom stereocenters. The molecule has 10 heteroatoms. The second-order valence-electron chi connectivity index (χ2n) is 9.79. The fourth-order valence-corrected chi connectivity index (χ4v) is 5.36. The van der Waals surface area contributed by atoms with Crippen LogP contribution in [0.5, 0.6) is 0 Å². The molecule has 0 bridgehead atoms. The lowest BCUT2D eigenvalue weighted by molar-refractivity contribution is -0.116. The summed E-state index contributed by atoms with van der Waals surface area (Å²) >= 11 is 6.42. The van der Waals surface area contributed by atoms with Crippen LogP contribution in [-0.2, 0) is 26.8 Å². The summed E-state index contributed by atoms with van der Waals surface area (Å²) in [6.45, 7) is 5.45. The van der Waals surface area contributed by atoms with Gasteiger partial charge in [0.25, 0.3) is 0 Å². The van der Waals surface area contributed by atoms with Crippen molar-refractivity contribution in [2.24, 2.45) is 0 Å². The largest absolute Gasteiger partial charge is 0.309 e. The average molecular weight is 555 g/mol. The van der Waals surface area contributed by atoms with E-state index >= 15 is 0 Å². The number of sulfonamides is 1. The summed E-state index contributed by atoms with van der Waals surface area (Å²) in [5.74, 6) is -0.772. The van der Waals surface area contributed by atoms with E-state index in [-0.39, 0.29) is 16.9 Å². The Kier molecular flexibility index (Phi) is 8.01. The highest BCUT2D eigenvalue weighted by Gasteiger charge is 2.28. The second kappa shape index (κ2) is 11.1. The van der Waals surface area contributed by atoms with Gasteiger partial charge < -0.3 is 5.32 Å². The minimum absolute atomic E-state index is 0.0506. The van der Waals surface area contributed by atoms with Crippen molar-refractivity contribution < 1.29 is 17.6 Å². The van der Waals surface area contributed by atoms with Crippen LogP contribution in [0.15, 0.2) is 89.8 Å². The van der Waals surface area contributed by atoms with E-state index in [1.54, 1.807) is 48.5 Å². The monoisotopic (exact) mass is 554 g/mol. The van der Waals surface area contributed by atoms with Crippen LogP contribution in [-0.4, -0.2) is 35.0 Å². The average Bonchev–Trinajstić information content (AvgIpc) is 3.29. The molecule has 0 saturated heterocycles. The van der Waals surface area contributed by atoms with Gasteiger partial charge >= 0.3 is 0 Å². The van der Waals surface area contributed by atoms with Crippen molar-refractivity contribution in [3.05, 3.63) is 107 Å². The van der Waals surface area contributed by atoms with Crippen LogP contribution in [0.3, 0.4) is 0 Å². The van der Waals surface area contributed by atoms with E-state index < -0.39 is 28.3 Å². The number of rotatable bonds is 8. The summed E-state index contributed by atoms with van der Waals surface area (Å²) in [6, 6.07) is 22.3. The van der Waals surface area contributed by atoms with Gasteiger partial charge in [-0.15, -0.1) is 0 Å². The maximum atomic E-state index is 13.5. The fraction of sp³-hybridized carbons (Fsp3) is 0.214. The van der Waals surface area contributed by atoms with Gasteiger partial charge in [-0.1, -0.05) is 74.8 Å². The number of anilines is 1. The summed E-state index contributed by atoms with van der Waals surface area (Å²) in [4.78, 5) is 13.2. The molecule has 1 N–H and O–H groups in total. The van der Waals surface area contributed by atoms with Gasteiger partial charge in [0.1, 0.15) is 11.6 Å². The quantitative estimate of drug-likeness (QED) is 0.299. The minimum atomic E-state index is -4.13. The maximum Gasteiger partial charge on any atom is 0.243 e. The highest BCUT2D eigenvalue weighted by atomic mass is 35.5. The van der Waals surface area contributed by atoms with Crippen molar-refractivity contribution in [3.8, 4) is 5.69 Å². The van der Waals surface area contributed by atoms with Crippen LogP contribution in [0.2, 0.25) is 5.02 Å². The number of carbonyl (C=O) groups is 1. The number of amides is 1. The van der Waals surface area contributed by atoms with E-state index in [2.05, 4.69) is 10.4 Å². The minimum Gasteiger partial charge on any atom is -0.309 e. The summed E-state index contributed by atoms with van der Waals surface area (Å²) in [5, 5.41) is 7.92. The summed E-state index contributed by atoms with van der Waals surface area (Å²) < 4.78 is 43.1. The van der Waals surface area contributed by atoms with Crippen molar-refractivity contribution in [1.29, 1.82) is 0 Å². The van der Waals surface area contributed by atoms with Crippen molar-refractivity contribution in [3.63, 3.8) is 0 Å². The molecule has 0 saturated carbocycles. The summed E-state index contributed by atoms with van der Waals surface area (Å²) in [6.07, 6.45) is 0. The Labute approximate surface area is 226 Å². The molecular formula is C28H28ClFN4O3S. The SMILES string of the molecule is CC(C)(C)c1cc(NC(=O)CN(Cc2ccccc2)S(=O)(=O)c2ccc(F)cc2)n(-c2ccccc2Cl)n1. The molecule has 3 aromatic carbocycles. The van der Waals surface area contributed by atoms with Crippen LogP contribution in [0.1, 0.15) is 32.0 Å². The Morgan fingerprint density at radius 2 is 1.63 bits per heavy atom. The van der Waals surface area contributed by atoms with Gasteiger partial charge in [0, 0.05) is 18.0 Å². The maximum absolute atomic E-state index is 13.5. The Bertz CT molecular complexity index is 1530. The lowest BCUT2D eigenvalue weighted by atomic mass is 9.92. The van der Waals surface area contributed by atoms with Crippen LogP contribution >= 0.6 is 11.6 Å². The molecule has 1 aromatic heterocycles. The molecule has 0 aliphatic heterocycles. The van der Waals surface area contributed by atoms with Gasteiger partial charge in [-0.3, -0.25) is 4.79 Å².